The van der Waals surface area contributed by atoms with Crippen molar-refractivity contribution in [3.63, 3.8) is 0 Å². The van der Waals surface area contributed by atoms with E-state index in [0.29, 0.717) is 13.1 Å². The molecule has 3 rings (SSSR count). The zero-order valence-corrected chi connectivity index (χ0v) is 12.2. The highest BCUT2D eigenvalue weighted by molar-refractivity contribution is 5.68. The Balaban J connectivity index is 2.01. The molecular formula is C18H18N4. The molecule has 0 saturated heterocycles. The van der Waals surface area contributed by atoms with E-state index >= 15 is 0 Å². The average molecular weight is 290 g/mol. The molecule has 0 bridgehead atoms. The van der Waals surface area contributed by atoms with Crippen LogP contribution in [0.5, 0.6) is 0 Å². The SMILES string of the molecule is NCc1cccc(-c2cc(-c3cccc(CN)c3)ncn2)c1. The van der Waals surface area contributed by atoms with Crippen LogP contribution in [0.25, 0.3) is 22.5 Å². The summed E-state index contributed by atoms with van der Waals surface area (Å²) in [6.07, 6.45) is 1.59. The van der Waals surface area contributed by atoms with E-state index in [0.717, 1.165) is 33.6 Å². The Labute approximate surface area is 129 Å². The molecule has 1 heterocycles. The van der Waals surface area contributed by atoms with Crippen molar-refractivity contribution in [3.8, 4) is 22.5 Å². The third-order valence-corrected chi connectivity index (χ3v) is 3.58. The lowest BCUT2D eigenvalue weighted by atomic mass is 10.0. The molecule has 3 aromatic rings. The van der Waals surface area contributed by atoms with Gasteiger partial charge in [-0.3, -0.25) is 0 Å². The summed E-state index contributed by atoms with van der Waals surface area (Å²) >= 11 is 0. The lowest BCUT2D eigenvalue weighted by Crippen LogP contribution is -1.97. The number of nitrogens with two attached hydrogens (primary N) is 2. The molecule has 0 spiro atoms. The van der Waals surface area contributed by atoms with Gasteiger partial charge in [0, 0.05) is 24.2 Å². The molecule has 4 heteroatoms. The van der Waals surface area contributed by atoms with Crippen molar-refractivity contribution in [2.24, 2.45) is 11.5 Å². The van der Waals surface area contributed by atoms with Crippen molar-refractivity contribution in [1.82, 2.24) is 9.97 Å². The molecule has 0 aliphatic heterocycles. The minimum atomic E-state index is 0.518. The molecule has 0 saturated carbocycles. The van der Waals surface area contributed by atoms with Gasteiger partial charge in [-0.1, -0.05) is 36.4 Å². The summed E-state index contributed by atoms with van der Waals surface area (Å²) in [4.78, 5) is 8.75. The monoisotopic (exact) mass is 290 g/mol. The van der Waals surface area contributed by atoms with Gasteiger partial charge in [-0.15, -0.1) is 0 Å². The molecule has 1 aromatic heterocycles. The van der Waals surface area contributed by atoms with Gasteiger partial charge in [0.15, 0.2) is 0 Å². The highest BCUT2D eigenvalue weighted by atomic mass is 14.8. The highest BCUT2D eigenvalue weighted by Gasteiger charge is 2.05. The fourth-order valence-electron chi connectivity index (χ4n) is 2.39. The van der Waals surface area contributed by atoms with Crippen LogP contribution in [0.3, 0.4) is 0 Å². The first-order valence-electron chi connectivity index (χ1n) is 7.21. The quantitative estimate of drug-likeness (QED) is 0.774. The summed E-state index contributed by atoms with van der Waals surface area (Å²) in [5.41, 5.74) is 17.4. The maximum atomic E-state index is 5.71. The van der Waals surface area contributed by atoms with Crippen LogP contribution in [0.4, 0.5) is 0 Å². The number of aromatic nitrogens is 2. The van der Waals surface area contributed by atoms with E-state index in [1.165, 1.54) is 0 Å². The molecule has 0 radical (unpaired) electrons. The normalized spacial score (nSPS) is 10.6. The van der Waals surface area contributed by atoms with Crippen LogP contribution in [-0.2, 0) is 13.1 Å². The molecule has 0 unspecified atom stereocenters. The van der Waals surface area contributed by atoms with Crippen LogP contribution in [0.15, 0.2) is 60.9 Å². The van der Waals surface area contributed by atoms with Crippen LogP contribution in [0.2, 0.25) is 0 Å². The number of rotatable bonds is 4. The van der Waals surface area contributed by atoms with Crippen molar-refractivity contribution in [2.75, 3.05) is 0 Å². The van der Waals surface area contributed by atoms with Crippen LogP contribution < -0.4 is 11.5 Å². The minimum Gasteiger partial charge on any atom is -0.326 e. The van der Waals surface area contributed by atoms with Gasteiger partial charge in [-0.25, -0.2) is 9.97 Å². The largest absolute Gasteiger partial charge is 0.326 e. The Morgan fingerprint density at radius 3 is 1.64 bits per heavy atom. The Morgan fingerprint density at radius 2 is 1.18 bits per heavy atom. The molecule has 0 atom stereocenters. The van der Waals surface area contributed by atoms with E-state index in [-0.39, 0.29) is 0 Å². The molecular weight excluding hydrogens is 272 g/mol. The highest BCUT2D eigenvalue weighted by Crippen LogP contribution is 2.24. The number of hydrogen-bond acceptors (Lipinski definition) is 4. The van der Waals surface area contributed by atoms with Crippen LogP contribution >= 0.6 is 0 Å². The Kier molecular flexibility index (Phi) is 4.23. The van der Waals surface area contributed by atoms with E-state index in [9.17, 15) is 0 Å². The average Bonchev–Trinajstić information content (AvgIpc) is 2.62. The second-order valence-corrected chi connectivity index (χ2v) is 5.10. The van der Waals surface area contributed by atoms with E-state index < -0.39 is 0 Å². The van der Waals surface area contributed by atoms with Crippen LogP contribution in [0.1, 0.15) is 11.1 Å². The van der Waals surface area contributed by atoms with Crippen LogP contribution in [0, 0.1) is 0 Å². The molecule has 110 valence electrons. The third kappa shape index (κ3) is 3.03. The first kappa shape index (κ1) is 14.4. The fourth-order valence-corrected chi connectivity index (χ4v) is 2.39. The standard InChI is InChI=1S/C18H18N4/c19-10-13-3-1-5-15(7-13)17-9-18(22-12-21-17)16-6-2-4-14(8-16)11-20/h1-9,12H,10-11,19-20H2. The van der Waals surface area contributed by atoms with Gasteiger partial charge in [0.1, 0.15) is 6.33 Å². The maximum absolute atomic E-state index is 5.71. The van der Waals surface area contributed by atoms with Crippen molar-refractivity contribution in [3.05, 3.63) is 72.1 Å². The van der Waals surface area contributed by atoms with Gasteiger partial charge in [0.05, 0.1) is 11.4 Å². The topological polar surface area (TPSA) is 77.8 Å². The Hall–Kier alpha value is -2.56. The summed E-state index contributed by atoms with van der Waals surface area (Å²) < 4.78 is 0. The summed E-state index contributed by atoms with van der Waals surface area (Å²) in [5, 5.41) is 0. The van der Waals surface area contributed by atoms with Crippen LogP contribution in [-0.4, -0.2) is 9.97 Å². The van der Waals surface area contributed by atoms with E-state index in [2.05, 4.69) is 22.1 Å². The number of nitrogens with zero attached hydrogens (tertiary/aromatic N) is 2. The summed E-state index contributed by atoms with van der Waals surface area (Å²) in [5.74, 6) is 0. The summed E-state index contributed by atoms with van der Waals surface area (Å²) in [7, 11) is 0. The first-order valence-corrected chi connectivity index (χ1v) is 7.21. The number of benzene rings is 2. The van der Waals surface area contributed by atoms with Gasteiger partial charge in [0.2, 0.25) is 0 Å². The predicted octanol–water partition coefficient (Wildman–Crippen LogP) is 2.73. The van der Waals surface area contributed by atoms with Gasteiger partial charge in [0.25, 0.3) is 0 Å². The molecule has 0 aliphatic carbocycles. The number of hydrogen-bond donors (Lipinski definition) is 2. The zero-order valence-electron chi connectivity index (χ0n) is 12.2. The molecule has 0 amide bonds. The van der Waals surface area contributed by atoms with E-state index in [4.69, 9.17) is 11.5 Å². The Morgan fingerprint density at radius 1 is 0.682 bits per heavy atom. The fraction of sp³-hybridized carbons (Fsp3) is 0.111. The molecule has 4 N–H and O–H groups in total. The summed E-state index contributed by atoms with van der Waals surface area (Å²) in [6, 6.07) is 18.2. The second kappa shape index (κ2) is 6.47. The van der Waals surface area contributed by atoms with Crippen molar-refractivity contribution < 1.29 is 0 Å². The molecule has 22 heavy (non-hydrogen) atoms. The van der Waals surface area contributed by atoms with Crippen molar-refractivity contribution >= 4 is 0 Å². The van der Waals surface area contributed by atoms with Gasteiger partial charge in [-0.2, -0.15) is 0 Å². The minimum absolute atomic E-state index is 0.518. The molecule has 0 aliphatic rings. The first-order chi connectivity index (χ1) is 10.8. The van der Waals surface area contributed by atoms with E-state index in [1.54, 1.807) is 6.33 Å². The lowest BCUT2D eigenvalue weighted by molar-refractivity contribution is 1.07. The third-order valence-electron chi connectivity index (χ3n) is 3.58. The van der Waals surface area contributed by atoms with Crippen molar-refractivity contribution in [1.29, 1.82) is 0 Å². The van der Waals surface area contributed by atoms with E-state index in [1.807, 2.05) is 42.5 Å². The molecule has 0 fully saturated rings. The van der Waals surface area contributed by atoms with Crippen molar-refractivity contribution in [2.45, 2.75) is 13.1 Å². The molecule has 4 nitrogen and oxygen atoms in total. The molecule has 2 aromatic carbocycles. The second-order valence-electron chi connectivity index (χ2n) is 5.10. The smallest absolute Gasteiger partial charge is 0.116 e. The van der Waals surface area contributed by atoms with Gasteiger partial charge >= 0.3 is 0 Å². The lowest BCUT2D eigenvalue weighted by Gasteiger charge is -2.07. The predicted molar refractivity (Wildman–Crippen MR) is 88.7 cm³/mol. The van der Waals surface area contributed by atoms with Gasteiger partial charge in [-0.05, 0) is 29.3 Å². The summed E-state index contributed by atoms with van der Waals surface area (Å²) in [6.45, 7) is 1.04. The Bertz CT molecular complexity index is 721. The zero-order chi connectivity index (χ0) is 15.4. The van der Waals surface area contributed by atoms with Gasteiger partial charge < -0.3 is 11.5 Å². The maximum Gasteiger partial charge on any atom is 0.116 e.